The van der Waals surface area contributed by atoms with Crippen LogP contribution in [-0.2, 0) is 22.7 Å². The Labute approximate surface area is 154 Å². The summed E-state index contributed by atoms with van der Waals surface area (Å²) in [5.74, 6) is 0.151. The van der Waals surface area contributed by atoms with Gasteiger partial charge in [-0.2, -0.15) is 0 Å². The number of benzene rings is 1. The smallest absolute Gasteiger partial charge is 0.293 e. The van der Waals surface area contributed by atoms with Gasteiger partial charge in [0.2, 0.25) is 0 Å². The Morgan fingerprint density at radius 3 is 2.89 bits per heavy atom. The van der Waals surface area contributed by atoms with Crippen LogP contribution in [0.5, 0.6) is 5.75 Å². The normalized spacial score (nSPS) is 13.3. The number of fused-ring (bicyclic) bond motifs is 4. The molecule has 1 aliphatic heterocycles. The lowest BCUT2D eigenvalue weighted by molar-refractivity contribution is -0.129. The van der Waals surface area contributed by atoms with Crippen LogP contribution >= 0.6 is 0 Å². The molecule has 0 saturated heterocycles. The first kappa shape index (κ1) is 17.2. The van der Waals surface area contributed by atoms with Gasteiger partial charge in [-0.05, 0) is 42.3 Å². The number of rotatable bonds is 5. The minimum absolute atomic E-state index is 0.151. The summed E-state index contributed by atoms with van der Waals surface area (Å²) in [5.41, 5.74) is 3.29. The number of hydrogen-bond acceptors (Lipinski definition) is 6. The van der Waals surface area contributed by atoms with Gasteiger partial charge < -0.3 is 19.5 Å². The van der Waals surface area contributed by atoms with Crippen LogP contribution < -0.4 is 5.56 Å². The number of ether oxygens (including phenoxy) is 1. The predicted molar refractivity (Wildman–Crippen MR) is 98.3 cm³/mol. The lowest BCUT2D eigenvalue weighted by Gasteiger charge is -2.16. The van der Waals surface area contributed by atoms with E-state index >= 15 is 0 Å². The molecule has 27 heavy (non-hydrogen) atoms. The standard InChI is InChI=1S/C20H18N2O5/c1-2-18(25)14-7-17-19-12(5-11-6-13(24)3-4-16(11)21-19)8-22(17)20(26)15(14)9-27-10-23/h3-7,10,18,24-25H,2,8-9H2,1H3/t18-/m0/s1. The number of aromatic nitrogens is 2. The third kappa shape index (κ3) is 2.76. The second-order valence-corrected chi connectivity index (χ2v) is 6.56. The van der Waals surface area contributed by atoms with E-state index in [0.717, 1.165) is 10.9 Å². The predicted octanol–water partition coefficient (Wildman–Crippen LogP) is 2.25. The highest BCUT2D eigenvalue weighted by molar-refractivity contribution is 5.85. The molecule has 1 aliphatic rings. The van der Waals surface area contributed by atoms with E-state index in [9.17, 15) is 19.8 Å². The first-order valence-electron chi connectivity index (χ1n) is 8.66. The molecule has 1 atom stereocenters. The summed E-state index contributed by atoms with van der Waals surface area (Å²) in [5, 5.41) is 20.8. The van der Waals surface area contributed by atoms with Crippen molar-refractivity contribution in [2.45, 2.75) is 32.6 Å². The molecule has 0 amide bonds. The van der Waals surface area contributed by atoms with Gasteiger partial charge in [-0.25, -0.2) is 4.98 Å². The Balaban J connectivity index is 1.94. The van der Waals surface area contributed by atoms with E-state index in [2.05, 4.69) is 4.98 Å². The average Bonchev–Trinajstić information content (AvgIpc) is 3.02. The second kappa shape index (κ2) is 6.51. The first-order valence-corrected chi connectivity index (χ1v) is 8.66. The van der Waals surface area contributed by atoms with Gasteiger partial charge in [-0.1, -0.05) is 6.92 Å². The lowest BCUT2D eigenvalue weighted by atomic mass is 10.0. The monoisotopic (exact) mass is 366 g/mol. The molecule has 0 aliphatic carbocycles. The number of pyridine rings is 2. The first-order chi connectivity index (χ1) is 13.0. The molecule has 0 unspecified atom stereocenters. The summed E-state index contributed by atoms with van der Waals surface area (Å²) in [6.07, 6.45) is -0.413. The number of phenols is 1. The fraction of sp³-hybridized carbons (Fsp3) is 0.250. The topological polar surface area (TPSA) is 102 Å². The van der Waals surface area contributed by atoms with Crippen molar-refractivity contribution in [1.29, 1.82) is 0 Å². The Kier molecular flexibility index (Phi) is 4.16. The summed E-state index contributed by atoms with van der Waals surface area (Å²) in [7, 11) is 0. The molecule has 0 spiro atoms. The van der Waals surface area contributed by atoms with Gasteiger partial charge in [0.25, 0.3) is 12.0 Å². The number of hydrogen-bond donors (Lipinski definition) is 2. The van der Waals surface area contributed by atoms with E-state index in [1.54, 1.807) is 28.8 Å². The van der Waals surface area contributed by atoms with Crippen molar-refractivity contribution in [1.82, 2.24) is 9.55 Å². The summed E-state index contributed by atoms with van der Waals surface area (Å²) in [4.78, 5) is 28.3. The molecule has 7 nitrogen and oxygen atoms in total. The van der Waals surface area contributed by atoms with E-state index in [1.165, 1.54) is 0 Å². The maximum atomic E-state index is 13.0. The molecule has 0 fully saturated rings. The Hall–Kier alpha value is -3.19. The van der Waals surface area contributed by atoms with Crippen LogP contribution in [-0.4, -0.2) is 26.2 Å². The van der Waals surface area contributed by atoms with Crippen molar-refractivity contribution < 1.29 is 19.7 Å². The van der Waals surface area contributed by atoms with Crippen LogP contribution in [0.2, 0.25) is 0 Å². The van der Waals surface area contributed by atoms with Crippen LogP contribution in [0.4, 0.5) is 0 Å². The molecule has 0 saturated carbocycles. The molecule has 7 heteroatoms. The van der Waals surface area contributed by atoms with Crippen LogP contribution in [0, 0.1) is 0 Å². The summed E-state index contributed by atoms with van der Waals surface area (Å²) in [6.45, 7) is 2.24. The molecule has 4 rings (SSSR count). The summed E-state index contributed by atoms with van der Waals surface area (Å²) >= 11 is 0. The Morgan fingerprint density at radius 1 is 1.33 bits per heavy atom. The van der Waals surface area contributed by atoms with Crippen LogP contribution in [0.15, 0.2) is 35.1 Å². The fourth-order valence-corrected chi connectivity index (χ4v) is 3.56. The second-order valence-electron chi connectivity index (χ2n) is 6.56. The largest absolute Gasteiger partial charge is 0.508 e. The fourth-order valence-electron chi connectivity index (χ4n) is 3.56. The van der Waals surface area contributed by atoms with Crippen molar-refractivity contribution in [2.75, 3.05) is 0 Å². The average molecular weight is 366 g/mol. The SMILES string of the molecule is CC[C@H](O)c1cc2n(c(=O)c1COC=O)Cc1cc3cc(O)ccc3nc1-2. The van der Waals surface area contributed by atoms with Gasteiger partial charge >= 0.3 is 0 Å². The van der Waals surface area contributed by atoms with Gasteiger partial charge in [0.1, 0.15) is 12.4 Å². The molecule has 2 N–H and O–H groups in total. The molecule has 1 aromatic carbocycles. The Morgan fingerprint density at radius 2 is 2.15 bits per heavy atom. The van der Waals surface area contributed by atoms with Crippen LogP contribution in [0.3, 0.4) is 0 Å². The van der Waals surface area contributed by atoms with Gasteiger partial charge in [-0.15, -0.1) is 0 Å². The number of aliphatic hydroxyl groups is 1. The van der Waals surface area contributed by atoms with Crippen molar-refractivity contribution in [3.8, 4) is 17.1 Å². The quantitative estimate of drug-likeness (QED) is 0.525. The zero-order valence-electron chi connectivity index (χ0n) is 14.7. The van der Waals surface area contributed by atoms with Crippen LogP contribution in [0.25, 0.3) is 22.3 Å². The van der Waals surface area contributed by atoms with E-state index in [-0.39, 0.29) is 30.0 Å². The highest BCUT2D eigenvalue weighted by Crippen LogP contribution is 2.34. The molecule has 138 valence electrons. The van der Waals surface area contributed by atoms with Gasteiger partial charge in [0.15, 0.2) is 0 Å². The zero-order chi connectivity index (χ0) is 19.1. The number of phenolic OH excluding ortho intramolecular Hbond substituents is 1. The highest BCUT2D eigenvalue weighted by Gasteiger charge is 2.27. The third-order valence-corrected chi connectivity index (χ3v) is 4.92. The maximum absolute atomic E-state index is 13.0. The van der Waals surface area contributed by atoms with Gasteiger partial charge in [0, 0.05) is 10.9 Å². The van der Waals surface area contributed by atoms with E-state index in [0.29, 0.717) is 35.4 Å². The summed E-state index contributed by atoms with van der Waals surface area (Å²) in [6, 6.07) is 8.57. The number of aromatic hydroxyl groups is 1. The molecule has 0 radical (unpaired) electrons. The molecular formula is C20H18N2O5. The van der Waals surface area contributed by atoms with Crippen molar-refractivity contribution in [2.24, 2.45) is 0 Å². The third-order valence-electron chi connectivity index (χ3n) is 4.92. The van der Waals surface area contributed by atoms with E-state index < -0.39 is 6.10 Å². The highest BCUT2D eigenvalue weighted by atomic mass is 16.5. The van der Waals surface area contributed by atoms with Crippen molar-refractivity contribution in [3.63, 3.8) is 0 Å². The van der Waals surface area contributed by atoms with Crippen molar-refractivity contribution in [3.05, 3.63) is 57.4 Å². The van der Waals surface area contributed by atoms with Gasteiger partial charge in [-0.3, -0.25) is 9.59 Å². The number of carbonyl (C=O) groups is 1. The van der Waals surface area contributed by atoms with E-state index in [4.69, 9.17) is 4.74 Å². The molecule has 3 heterocycles. The maximum Gasteiger partial charge on any atom is 0.293 e. The zero-order valence-corrected chi connectivity index (χ0v) is 14.7. The Bertz CT molecular complexity index is 1120. The number of nitrogens with zero attached hydrogens (tertiary/aromatic N) is 2. The minimum atomic E-state index is -0.838. The molecule has 0 bridgehead atoms. The summed E-state index contributed by atoms with van der Waals surface area (Å²) < 4.78 is 6.38. The number of aliphatic hydroxyl groups excluding tert-OH is 1. The van der Waals surface area contributed by atoms with E-state index in [1.807, 2.05) is 13.0 Å². The minimum Gasteiger partial charge on any atom is -0.508 e. The molecular weight excluding hydrogens is 348 g/mol. The lowest BCUT2D eigenvalue weighted by Crippen LogP contribution is -2.26. The van der Waals surface area contributed by atoms with Crippen molar-refractivity contribution >= 4 is 17.4 Å². The van der Waals surface area contributed by atoms with Crippen LogP contribution in [0.1, 0.15) is 36.1 Å². The van der Waals surface area contributed by atoms with Gasteiger partial charge in [0.05, 0.1) is 35.1 Å². The molecule has 2 aromatic heterocycles. The number of carbonyl (C=O) groups excluding carboxylic acids is 1. The molecule has 3 aromatic rings.